The lowest BCUT2D eigenvalue weighted by Crippen LogP contribution is -2.49. The summed E-state index contributed by atoms with van der Waals surface area (Å²) in [6, 6.07) is 3.34. The highest BCUT2D eigenvalue weighted by atomic mass is 32.2. The van der Waals surface area contributed by atoms with E-state index in [4.69, 9.17) is 10.5 Å². The quantitative estimate of drug-likeness (QED) is 0.799. The van der Waals surface area contributed by atoms with Gasteiger partial charge >= 0.3 is 0 Å². The molecule has 1 saturated carbocycles. The molecule has 1 aliphatic rings. The summed E-state index contributed by atoms with van der Waals surface area (Å²) < 4.78 is 44.9. The number of benzene rings is 1. The highest BCUT2D eigenvalue weighted by Crippen LogP contribution is 2.34. The van der Waals surface area contributed by atoms with E-state index in [1.54, 1.807) is 7.11 Å². The summed E-state index contributed by atoms with van der Waals surface area (Å²) in [5.74, 6) is -0.633. The van der Waals surface area contributed by atoms with Gasteiger partial charge in [-0.05, 0) is 37.5 Å². The monoisotopic (exact) mass is 288 g/mol. The number of nitrogen functional groups attached to an aromatic ring is 1. The van der Waals surface area contributed by atoms with Crippen LogP contribution in [0.3, 0.4) is 0 Å². The van der Waals surface area contributed by atoms with Crippen LogP contribution in [0.15, 0.2) is 23.1 Å². The summed E-state index contributed by atoms with van der Waals surface area (Å²) in [6.07, 6.45) is 2.69. The molecule has 0 amide bonds. The molecule has 0 radical (unpaired) electrons. The summed E-state index contributed by atoms with van der Waals surface area (Å²) >= 11 is 0. The van der Waals surface area contributed by atoms with E-state index >= 15 is 0 Å². The minimum atomic E-state index is -3.70. The van der Waals surface area contributed by atoms with Gasteiger partial charge in [0.15, 0.2) is 0 Å². The number of nitrogens with two attached hydrogens (primary N) is 1. The first kappa shape index (κ1) is 14.2. The fourth-order valence-electron chi connectivity index (χ4n) is 2.02. The lowest BCUT2D eigenvalue weighted by atomic mass is 9.80. The van der Waals surface area contributed by atoms with Gasteiger partial charge in [0.25, 0.3) is 0 Å². The number of nitrogens with one attached hydrogen (secondary N) is 1. The molecule has 0 aliphatic heterocycles. The van der Waals surface area contributed by atoms with Crippen LogP contribution >= 0.6 is 0 Å². The van der Waals surface area contributed by atoms with E-state index in [-0.39, 0.29) is 17.1 Å². The van der Waals surface area contributed by atoms with Crippen molar-refractivity contribution in [2.45, 2.75) is 29.8 Å². The Labute approximate surface area is 112 Å². The molecule has 0 spiro atoms. The zero-order chi connectivity index (χ0) is 14.1. The molecule has 0 atom stereocenters. The van der Waals surface area contributed by atoms with Crippen LogP contribution in [0.25, 0.3) is 0 Å². The Hall–Kier alpha value is -1.18. The highest BCUT2D eigenvalue weighted by molar-refractivity contribution is 7.89. The van der Waals surface area contributed by atoms with Crippen LogP contribution in [-0.4, -0.2) is 27.7 Å². The molecule has 7 heteroatoms. The van der Waals surface area contributed by atoms with Crippen LogP contribution in [0.1, 0.15) is 19.3 Å². The van der Waals surface area contributed by atoms with Gasteiger partial charge in [0.1, 0.15) is 5.82 Å². The standard InChI is InChI=1S/C12H17FN2O3S/c1-18-12(5-2-6-12)8-15-19(16,17)9-3-4-10(13)11(14)7-9/h3-4,7,15H,2,5-6,8,14H2,1H3. The lowest BCUT2D eigenvalue weighted by Gasteiger charge is -2.40. The molecule has 3 N–H and O–H groups in total. The molecule has 0 bridgehead atoms. The SMILES string of the molecule is COC1(CNS(=O)(=O)c2ccc(F)c(N)c2)CCC1. The Morgan fingerprint density at radius 3 is 2.63 bits per heavy atom. The first-order valence-corrected chi connectivity index (χ1v) is 7.47. The third kappa shape index (κ3) is 2.88. The molecule has 1 aliphatic carbocycles. The average Bonchev–Trinajstić information content (AvgIpc) is 2.31. The van der Waals surface area contributed by atoms with Crippen molar-refractivity contribution in [3.63, 3.8) is 0 Å². The van der Waals surface area contributed by atoms with E-state index in [0.717, 1.165) is 31.4 Å². The largest absolute Gasteiger partial charge is 0.396 e. The predicted octanol–water partition coefficient (Wildman–Crippen LogP) is 1.26. The Bertz CT molecular complexity index is 565. The van der Waals surface area contributed by atoms with Crippen molar-refractivity contribution in [2.24, 2.45) is 0 Å². The van der Waals surface area contributed by atoms with E-state index < -0.39 is 21.4 Å². The minimum absolute atomic E-state index is 0.0445. The fraction of sp³-hybridized carbons (Fsp3) is 0.500. The Morgan fingerprint density at radius 1 is 1.47 bits per heavy atom. The maximum absolute atomic E-state index is 13.0. The number of anilines is 1. The summed E-state index contributed by atoms with van der Waals surface area (Å²) in [5, 5.41) is 0. The van der Waals surface area contributed by atoms with Gasteiger partial charge in [-0.15, -0.1) is 0 Å². The van der Waals surface area contributed by atoms with Gasteiger partial charge in [0, 0.05) is 13.7 Å². The molecule has 1 aromatic rings. The van der Waals surface area contributed by atoms with Crippen LogP contribution in [-0.2, 0) is 14.8 Å². The van der Waals surface area contributed by atoms with E-state index in [2.05, 4.69) is 4.72 Å². The third-order valence-electron chi connectivity index (χ3n) is 3.56. The zero-order valence-electron chi connectivity index (χ0n) is 10.6. The Morgan fingerprint density at radius 2 is 2.16 bits per heavy atom. The summed E-state index contributed by atoms with van der Waals surface area (Å²) in [7, 11) is -2.12. The lowest BCUT2D eigenvalue weighted by molar-refractivity contribution is -0.0659. The average molecular weight is 288 g/mol. The van der Waals surface area contributed by atoms with Crippen molar-refractivity contribution in [3.05, 3.63) is 24.0 Å². The van der Waals surface area contributed by atoms with Crippen LogP contribution < -0.4 is 10.5 Å². The van der Waals surface area contributed by atoms with Crippen LogP contribution in [0, 0.1) is 5.82 Å². The van der Waals surface area contributed by atoms with Gasteiger partial charge in [-0.25, -0.2) is 17.5 Å². The Kier molecular flexibility index (Phi) is 3.80. The van der Waals surface area contributed by atoms with E-state index in [1.807, 2.05) is 0 Å². The zero-order valence-corrected chi connectivity index (χ0v) is 11.5. The normalized spacial score (nSPS) is 18.0. The van der Waals surface area contributed by atoms with E-state index in [0.29, 0.717) is 0 Å². The van der Waals surface area contributed by atoms with Crippen molar-refractivity contribution < 1.29 is 17.5 Å². The molecular weight excluding hydrogens is 271 g/mol. The van der Waals surface area contributed by atoms with E-state index in [9.17, 15) is 12.8 Å². The third-order valence-corrected chi connectivity index (χ3v) is 4.96. The van der Waals surface area contributed by atoms with Gasteiger partial charge in [0.05, 0.1) is 16.2 Å². The number of hydrogen-bond acceptors (Lipinski definition) is 4. The van der Waals surface area contributed by atoms with Gasteiger partial charge in [0.2, 0.25) is 10.0 Å². The topological polar surface area (TPSA) is 81.4 Å². The van der Waals surface area contributed by atoms with Gasteiger partial charge in [-0.2, -0.15) is 0 Å². The second kappa shape index (κ2) is 5.07. The van der Waals surface area contributed by atoms with Crippen molar-refractivity contribution >= 4 is 15.7 Å². The first-order valence-electron chi connectivity index (χ1n) is 5.98. The van der Waals surface area contributed by atoms with Gasteiger partial charge < -0.3 is 10.5 Å². The molecule has 106 valence electrons. The van der Waals surface area contributed by atoms with Crippen molar-refractivity contribution in [1.82, 2.24) is 4.72 Å². The van der Waals surface area contributed by atoms with E-state index in [1.165, 1.54) is 6.07 Å². The van der Waals surface area contributed by atoms with Gasteiger partial charge in [-0.3, -0.25) is 0 Å². The van der Waals surface area contributed by atoms with Crippen LogP contribution in [0.4, 0.5) is 10.1 Å². The number of methoxy groups -OCH3 is 1. The molecule has 0 heterocycles. The number of hydrogen-bond donors (Lipinski definition) is 2. The molecular formula is C12H17FN2O3S. The summed E-state index contributed by atoms with van der Waals surface area (Å²) in [5.41, 5.74) is 4.78. The summed E-state index contributed by atoms with van der Waals surface area (Å²) in [4.78, 5) is -0.0445. The number of rotatable bonds is 5. The Balaban J connectivity index is 2.11. The molecule has 5 nitrogen and oxygen atoms in total. The number of ether oxygens (including phenoxy) is 1. The van der Waals surface area contributed by atoms with Crippen molar-refractivity contribution in [1.29, 1.82) is 0 Å². The van der Waals surface area contributed by atoms with Gasteiger partial charge in [-0.1, -0.05) is 0 Å². The van der Waals surface area contributed by atoms with Crippen LogP contribution in [0.5, 0.6) is 0 Å². The predicted molar refractivity (Wildman–Crippen MR) is 69.6 cm³/mol. The number of sulfonamides is 1. The maximum Gasteiger partial charge on any atom is 0.240 e. The second-order valence-electron chi connectivity index (χ2n) is 4.75. The number of halogens is 1. The molecule has 0 aromatic heterocycles. The minimum Gasteiger partial charge on any atom is -0.396 e. The fourth-order valence-corrected chi connectivity index (χ4v) is 3.17. The van der Waals surface area contributed by atoms with Crippen LogP contribution in [0.2, 0.25) is 0 Å². The highest BCUT2D eigenvalue weighted by Gasteiger charge is 2.38. The molecule has 19 heavy (non-hydrogen) atoms. The smallest absolute Gasteiger partial charge is 0.240 e. The molecule has 1 aromatic carbocycles. The second-order valence-corrected chi connectivity index (χ2v) is 6.52. The van der Waals surface area contributed by atoms with Crippen molar-refractivity contribution in [3.8, 4) is 0 Å². The molecule has 0 unspecified atom stereocenters. The molecule has 0 saturated heterocycles. The summed E-state index contributed by atoms with van der Waals surface area (Å²) in [6.45, 7) is 0.211. The van der Waals surface area contributed by atoms with Crippen molar-refractivity contribution in [2.75, 3.05) is 19.4 Å². The molecule has 1 fully saturated rings. The first-order chi connectivity index (χ1) is 8.88. The molecule has 2 rings (SSSR count). The maximum atomic E-state index is 13.0.